The molecule has 0 radical (unpaired) electrons. The number of benzene rings is 2. The van der Waals surface area contributed by atoms with E-state index in [-0.39, 0.29) is 0 Å². The third kappa shape index (κ3) is 2.53. The lowest BCUT2D eigenvalue weighted by Crippen LogP contribution is -1.92. The van der Waals surface area contributed by atoms with Gasteiger partial charge in [0.1, 0.15) is 17.9 Å². The molecule has 0 spiro atoms. The summed E-state index contributed by atoms with van der Waals surface area (Å²) in [6.07, 6.45) is 1.42. The van der Waals surface area contributed by atoms with Gasteiger partial charge >= 0.3 is 0 Å². The number of anilines is 1. The smallest absolute Gasteiger partial charge is 0.232 e. The zero-order chi connectivity index (χ0) is 18.4. The van der Waals surface area contributed by atoms with Crippen molar-refractivity contribution in [3.8, 4) is 27.5 Å². The van der Waals surface area contributed by atoms with Crippen molar-refractivity contribution >= 4 is 38.3 Å². The topological polar surface area (TPSA) is 74.2 Å². The lowest BCUT2D eigenvalue weighted by molar-refractivity contribution is 0.415. The minimum absolute atomic E-state index is 0.405. The Hall–Kier alpha value is -3.38. The highest BCUT2D eigenvalue weighted by Gasteiger charge is 2.22. The number of fused-ring (bicyclic) bond motifs is 2. The Balaban J connectivity index is 1.82. The largest absolute Gasteiger partial charge is 0.497 e. The molecular weight excluding hydrogens is 358 g/mol. The van der Waals surface area contributed by atoms with Gasteiger partial charge in [0.05, 0.1) is 17.4 Å². The molecule has 3 aromatic heterocycles. The van der Waals surface area contributed by atoms with Gasteiger partial charge in [0.2, 0.25) is 5.71 Å². The molecule has 6 heteroatoms. The van der Waals surface area contributed by atoms with Crippen LogP contribution in [0, 0.1) is 0 Å². The van der Waals surface area contributed by atoms with Crippen LogP contribution in [0.5, 0.6) is 5.75 Å². The van der Waals surface area contributed by atoms with Crippen molar-refractivity contribution in [2.24, 2.45) is 0 Å². The molecule has 27 heavy (non-hydrogen) atoms. The van der Waals surface area contributed by atoms with Crippen LogP contribution in [0.4, 0.5) is 5.82 Å². The normalized spacial score (nSPS) is 11.3. The summed E-state index contributed by atoms with van der Waals surface area (Å²) in [5.41, 5.74) is 8.55. The SMILES string of the molecule is COc1ccc(-c2c(-c3cc4ccccc4s3)oc3ncnc(N)c23)cc1. The van der Waals surface area contributed by atoms with Crippen molar-refractivity contribution in [3.05, 3.63) is 60.9 Å². The molecular formula is C21H15N3O2S. The maximum atomic E-state index is 6.18. The zero-order valence-corrected chi connectivity index (χ0v) is 15.3. The van der Waals surface area contributed by atoms with Crippen molar-refractivity contribution in [2.75, 3.05) is 12.8 Å². The Morgan fingerprint density at radius 3 is 2.63 bits per heavy atom. The van der Waals surface area contributed by atoms with Crippen LogP contribution in [-0.4, -0.2) is 17.1 Å². The van der Waals surface area contributed by atoms with Crippen molar-refractivity contribution in [1.29, 1.82) is 0 Å². The Bertz CT molecular complexity index is 1240. The molecule has 3 heterocycles. The maximum absolute atomic E-state index is 6.18. The van der Waals surface area contributed by atoms with Crippen LogP contribution in [-0.2, 0) is 0 Å². The minimum atomic E-state index is 0.405. The van der Waals surface area contributed by atoms with Crippen molar-refractivity contribution in [1.82, 2.24) is 9.97 Å². The zero-order valence-electron chi connectivity index (χ0n) is 14.5. The average molecular weight is 373 g/mol. The van der Waals surface area contributed by atoms with Gasteiger partial charge in [-0.2, -0.15) is 0 Å². The van der Waals surface area contributed by atoms with Gasteiger partial charge in [-0.05, 0) is 35.2 Å². The predicted octanol–water partition coefficient (Wildman–Crippen LogP) is 5.36. The first-order chi connectivity index (χ1) is 13.2. The van der Waals surface area contributed by atoms with Gasteiger partial charge in [-0.25, -0.2) is 9.97 Å². The number of aromatic nitrogens is 2. The van der Waals surface area contributed by atoms with Crippen LogP contribution in [0.3, 0.4) is 0 Å². The number of methoxy groups -OCH3 is 1. The molecule has 0 saturated heterocycles. The number of hydrogen-bond acceptors (Lipinski definition) is 6. The summed E-state index contributed by atoms with van der Waals surface area (Å²) in [5, 5.41) is 1.91. The molecule has 0 unspecified atom stereocenters. The van der Waals surface area contributed by atoms with Gasteiger partial charge in [0.15, 0.2) is 5.76 Å². The van der Waals surface area contributed by atoms with E-state index in [9.17, 15) is 0 Å². The number of thiophene rings is 1. The van der Waals surface area contributed by atoms with E-state index in [1.165, 1.54) is 16.4 Å². The van der Waals surface area contributed by atoms with Crippen molar-refractivity contribution in [2.45, 2.75) is 0 Å². The average Bonchev–Trinajstić information content (AvgIpc) is 3.30. The van der Waals surface area contributed by atoms with Gasteiger partial charge in [0.25, 0.3) is 0 Å². The number of furan rings is 1. The lowest BCUT2D eigenvalue weighted by Gasteiger charge is -2.05. The van der Waals surface area contributed by atoms with Gasteiger partial charge in [-0.1, -0.05) is 30.3 Å². The third-order valence-corrected chi connectivity index (χ3v) is 5.66. The van der Waals surface area contributed by atoms with Crippen molar-refractivity contribution in [3.63, 3.8) is 0 Å². The van der Waals surface area contributed by atoms with Crippen LogP contribution in [0.15, 0.2) is 65.3 Å². The number of nitrogen functional groups attached to an aromatic ring is 1. The molecule has 0 fully saturated rings. The fourth-order valence-electron chi connectivity index (χ4n) is 3.26. The van der Waals surface area contributed by atoms with E-state index in [0.717, 1.165) is 32.9 Å². The Morgan fingerprint density at radius 1 is 1.04 bits per heavy atom. The number of rotatable bonds is 3. The molecule has 0 saturated carbocycles. The second-order valence-corrected chi connectivity index (χ2v) is 7.21. The molecule has 0 bridgehead atoms. The van der Waals surface area contributed by atoms with Crippen LogP contribution in [0.25, 0.3) is 43.0 Å². The van der Waals surface area contributed by atoms with Crippen LogP contribution < -0.4 is 10.5 Å². The molecule has 0 atom stereocenters. The number of ether oxygens (including phenoxy) is 1. The summed E-state index contributed by atoms with van der Waals surface area (Å²) >= 11 is 1.68. The van der Waals surface area contributed by atoms with Gasteiger partial charge in [-0.3, -0.25) is 0 Å². The van der Waals surface area contributed by atoms with E-state index in [4.69, 9.17) is 14.9 Å². The predicted molar refractivity (Wildman–Crippen MR) is 109 cm³/mol. The van der Waals surface area contributed by atoms with E-state index in [1.54, 1.807) is 18.4 Å². The molecule has 0 aliphatic heterocycles. The standard InChI is InChI=1S/C21H15N3O2S/c1-25-14-8-6-12(7-9-14)17-18-20(22)23-11-24-21(18)26-19(17)16-10-13-4-2-3-5-15(13)27-16/h2-11H,1H3,(H2,22,23,24). The molecule has 0 aliphatic carbocycles. The first-order valence-electron chi connectivity index (χ1n) is 8.41. The summed E-state index contributed by atoms with van der Waals surface area (Å²) in [6, 6.07) is 18.2. The van der Waals surface area contributed by atoms with Crippen LogP contribution in [0.1, 0.15) is 0 Å². The highest BCUT2D eigenvalue weighted by Crippen LogP contribution is 2.45. The molecule has 0 aliphatic rings. The first-order valence-corrected chi connectivity index (χ1v) is 9.22. The van der Waals surface area contributed by atoms with E-state index < -0.39 is 0 Å². The van der Waals surface area contributed by atoms with Crippen LogP contribution >= 0.6 is 11.3 Å². The minimum Gasteiger partial charge on any atom is -0.497 e. The first kappa shape index (κ1) is 15.8. The Morgan fingerprint density at radius 2 is 1.85 bits per heavy atom. The molecule has 0 amide bonds. The fourth-order valence-corrected chi connectivity index (χ4v) is 4.31. The lowest BCUT2D eigenvalue weighted by atomic mass is 10.0. The Labute approximate surface area is 159 Å². The quantitative estimate of drug-likeness (QED) is 0.461. The van der Waals surface area contributed by atoms with E-state index >= 15 is 0 Å². The Kier molecular flexibility index (Phi) is 3.58. The van der Waals surface area contributed by atoms with Gasteiger partial charge < -0.3 is 14.9 Å². The second-order valence-electron chi connectivity index (χ2n) is 6.12. The van der Waals surface area contributed by atoms with E-state index in [0.29, 0.717) is 11.5 Å². The number of nitrogens with zero attached hydrogens (tertiary/aromatic N) is 2. The molecule has 2 N–H and O–H groups in total. The van der Waals surface area contributed by atoms with Crippen molar-refractivity contribution < 1.29 is 9.15 Å². The van der Waals surface area contributed by atoms with Gasteiger partial charge in [0, 0.05) is 10.3 Å². The molecule has 2 aromatic carbocycles. The summed E-state index contributed by atoms with van der Waals surface area (Å²) in [5.74, 6) is 1.95. The summed E-state index contributed by atoms with van der Waals surface area (Å²) in [7, 11) is 1.65. The van der Waals surface area contributed by atoms with Crippen LogP contribution in [0.2, 0.25) is 0 Å². The van der Waals surface area contributed by atoms with E-state index in [2.05, 4.69) is 28.2 Å². The second kappa shape index (κ2) is 6.10. The molecule has 5 aromatic rings. The number of hydrogen-bond donors (Lipinski definition) is 1. The van der Waals surface area contributed by atoms with E-state index in [1.807, 2.05) is 36.4 Å². The molecule has 132 valence electrons. The summed E-state index contributed by atoms with van der Waals surface area (Å²) in [6.45, 7) is 0. The monoisotopic (exact) mass is 373 g/mol. The fraction of sp³-hybridized carbons (Fsp3) is 0.0476. The summed E-state index contributed by atoms with van der Waals surface area (Å²) in [4.78, 5) is 9.47. The summed E-state index contributed by atoms with van der Waals surface area (Å²) < 4.78 is 12.6. The maximum Gasteiger partial charge on any atom is 0.232 e. The molecule has 5 nitrogen and oxygen atoms in total. The highest BCUT2D eigenvalue weighted by atomic mass is 32.1. The third-order valence-electron chi connectivity index (χ3n) is 4.55. The number of nitrogens with two attached hydrogens (primary N) is 1. The highest BCUT2D eigenvalue weighted by molar-refractivity contribution is 7.22. The molecule has 5 rings (SSSR count). The van der Waals surface area contributed by atoms with Gasteiger partial charge in [-0.15, -0.1) is 11.3 Å².